The molecule has 0 aliphatic heterocycles. The van der Waals surface area contributed by atoms with Gasteiger partial charge in [0.1, 0.15) is 0 Å². The Bertz CT molecular complexity index is 3580. The summed E-state index contributed by atoms with van der Waals surface area (Å²) in [6.45, 7) is 4.77. The summed E-state index contributed by atoms with van der Waals surface area (Å²) >= 11 is 0. The van der Waals surface area contributed by atoms with E-state index in [1.165, 1.54) is 77.0 Å². The van der Waals surface area contributed by atoms with Crippen molar-refractivity contribution in [1.29, 1.82) is 0 Å². The molecule has 1 heterocycles. The molecule has 63 heavy (non-hydrogen) atoms. The Labute approximate surface area is 367 Å². The van der Waals surface area contributed by atoms with Crippen molar-refractivity contribution in [1.82, 2.24) is 9.97 Å². The SMILES string of the molecule is CC1(C)c2cccc(-c3ccc(-c4ccc(-c5cc(-c6cccc(-c7ccccc7)c6)nc(-c6ccccc6)n5)c5ccccc45)c4ccccc34)c2-c2ccc3ccccc3c21. The summed E-state index contributed by atoms with van der Waals surface area (Å²) in [5, 5.41) is 7.44. The molecule has 0 unspecified atom stereocenters. The van der Waals surface area contributed by atoms with Gasteiger partial charge in [0, 0.05) is 22.1 Å². The first-order chi connectivity index (χ1) is 31.0. The third-order valence-electron chi connectivity index (χ3n) is 13.3. The number of hydrogen-bond donors (Lipinski definition) is 0. The van der Waals surface area contributed by atoms with Crippen molar-refractivity contribution >= 4 is 32.3 Å². The summed E-state index contributed by atoms with van der Waals surface area (Å²) in [6.07, 6.45) is 0. The van der Waals surface area contributed by atoms with Crippen molar-refractivity contribution in [3.05, 3.63) is 230 Å². The summed E-state index contributed by atoms with van der Waals surface area (Å²) in [4.78, 5) is 10.5. The molecule has 0 spiro atoms. The van der Waals surface area contributed by atoms with E-state index >= 15 is 0 Å². The lowest BCUT2D eigenvalue weighted by atomic mass is 9.80. The minimum atomic E-state index is -0.129. The Morgan fingerprint density at radius 1 is 0.317 bits per heavy atom. The number of aromatic nitrogens is 2. The van der Waals surface area contributed by atoms with Gasteiger partial charge in [-0.05, 0) is 100 Å². The Kier molecular flexibility index (Phi) is 8.55. The maximum absolute atomic E-state index is 5.29. The summed E-state index contributed by atoms with van der Waals surface area (Å²) in [5.74, 6) is 0.703. The van der Waals surface area contributed by atoms with Crippen LogP contribution in [0.5, 0.6) is 0 Å². The van der Waals surface area contributed by atoms with Crippen LogP contribution in [0.1, 0.15) is 25.0 Å². The van der Waals surface area contributed by atoms with Crippen LogP contribution in [0.2, 0.25) is 0 Å². The molecule has 0 N–H and O–H groups in total. The number of hydrogen-bond acceptors (Lipinski definition) is 2. The van der Waals surface area contributed by atoms with Gasteiger partial charge in [0.05, 0.1) is 11.4 Å². The largest absolute Gasteiger partial charge is 0.228 e. The molecule has 0 atom stereocenters. The van der Waals surface area contributed by atoms with Crippen LogP contribution in [0.25, 0.3) is 111 Å². The molecular weight excluding hydrogens is 761 g/mol. The third-order valence-corrected chi connectivity index (χ3v) is 13.3. The first-order valence-corrected chi connectivity index (χ1v) is 21.8. The first kappa shape index (κ1) is 36.9. The van der Waals surface area contributed by atoms with Gasteiger partial charge >= 0.3 is 0 Å². The topological polar surface area (TPSA) is 25.8 Å². The minimum absolute atomic E-state index is 0.129. The number of rotatable bonds is 6. The van der Waals surface area contributed by atoms with E-state index in [2.05, 4.69) is 214 Å². The second kappa shape index (κ2) is 14.6. The van der Waals surface area contributed by atoms with Gasteiger partial charge in [0.15, 0.2) is 5.82 Å². The zero-order valence-electron chi connectivity index (χ0n) is 35.2. The highest BCUT2D eigenvalue weighted by Gasteiger charge is 2.38. The molecule has 0 amide bonds. The number of fused-ring (bicyclic) bond motifs is 7. The highest BCUT2D eigenvalue weighted by Crippen LogP contribution is 2.55. The summed E-state index contributed by atoms with van der Waals surface area (Å²) in [7, 11) is 0. The van der Waals surface area contributed by atoms with E-state index in [9.17, 15) is 0 Å². The zero-order valence-corrected chi connectivity index (χ0v) is 35.2. The highest BCUT2D eigenvalue weighted by molar-refractivity contribution is 6.13. The van der Waals surface area contributed by atoms with Crippen LogP contribution in [0.4, 0.5) is 0 Å². The lowest BCUT2D eigenvalue weighted by Gasteiger charge is -2.23. The average Bonchev–Trinajstić information content (AvgIpc) is 3.60. The van der Waals surface area contributed by atoms with Crippen LogP contribution < -0.4 is 0 Å². The molecule has 1 aliphatic rings. The van der Waals surface area contributed by atoms with Crippen molar-refractivity contribution in [2.75, 3.05) is 0 Å². The van der Waals surface area contributed by atoms with E-state index in [0.717, 1.165) is 39.0 Å². The van der Waals surface area contributed by atoms with Crippen LogP contribution in [-0.2, 0) is 5.41 Å². The lowest BCUT2D eigenvalue weighted by Crippen LogP contribution is -2.15. The minimum Gasteiger partial charge on any atom is -0.228 e. The van der Waals surface area contributed by atoms with Crippen LogP contribution in [-0.4, -0.2) is 9.97 Å². The molecule has 1 aromatic heterocycles. The average molecular weight is 803 g/mol. The van der Waals surface area contributed by atoms with Crippen LogP contribution in [0.15, 0.2) is 218 Å². The van der Waals surface area contributed by atoms with Crippen LogP contribution in [0, 0.1) is 0 Å². The van der Waals surface area contributed by atoms with Crippen LogP contribution in [0.3, 0.4) is 0 Å². The third kappa shape index (κ3) is 6.02. The highest BCUT2D eigenvalue weighted by atomic mass is 14.9. The first-order valence-electron chi connectivity index (χ1n) is 21.8. The van der Waals surface area contributed by atoms with Gasteiger partial charge < -0.3 is 0 Å². The van der Waals surface area contributed by atoms with Gasteiger partial charge in [-0.25, -0.2) is 9.97 Å². The van der Waals surface area contributed by atoms with Crippen molar-refractivity contribution < 1.29 is 0 Å². The smallest absolute Gasteiger partial charge is 0.160 e. The second-order valence-corrected chi connectivity index (χ2v) is 17.2. The standard InChI is InChI=1S/C61H42N2/c1-61(2)55-30-16-29-53(58(55)54-32-31-40-19-9-10-24-44(40)59(54)61)51-34-33-49(45-25-11-12-26-46(45)51)50-35-36-52(48-28-14-13-27-47(48)50)57-38-56(62-60(63-57)41-20-7-4-8-21-41)43-23-15-22-42(37-43)39-17-5-3-6-18-39/h3-38H,1-2H3. The van der Waals surface area contributed by atoms with E-state index in [0.29, 0.717) is 5.82 Å². The molecular formula is C61H42N2. The van der Waals surface area contributed by atoms with E-state index in [1.54, 1.807) is 0 Å². The van der Waals surface area contributed by atoms with E-state index in [-0.39, 0.29) is 5.41 Å². The predicted octanol–water partition coefficient (Wildman–Crippen LogP) is 16.2. The molecule has 0 saturated heterocycles. The molecule has 0 radical (unpaired) electrons. The van der Waals surface area contributed by atoms with Gasteiger partial charge in [-0.1, -0.05) is 220 Å². The summed E-state index contributed by atoms with van der Waals surface area (Å²) in [6, 6.07) is 79.0. The molecule has 0 saturated carbocycles. The van der Waals surface area contributed by atoms with E-state index in [4.69, 9.17) is 9.97 Å². The Balaban J connectivity index is 1.01. The monoisotopic (exact) mass is 802 g/mol. The Hall–Kier alpha value is -7.94. The molecule has 2 nitrogen and oxygen atoms in total. The normalized spacial score (nSPS) is 12.7. The number of benzene rings is 10. The lowest BCUT2D eigenvalue weighted by molar-refractivity contribution is 0.666. The fraction of sp³-hybridized carbons (Fsp3) is 0.0492. The molecule has 0 bridgehead atoms. The van der Waals surface area contributed by atoms with Gasteiger partial charge in [0.2, 0.25) is 0 Å². The Morgan fingerprint density at radius 3 is 1.49 bits per heavy atom. The fourth-order valence-electron chi connectivity index (χ4n) is 10.3. The van der Waals surface area contributed by atoms with Crippen LogP contribution >= 0.6 is 0 Å². The molecule has 12 rings (SSSR count). The van der Waals surface area contributed by atoms with E-state index in [1.807, 2.05) is 18.2 Å². The Morgan fingerprint density at radius 2 is 0.810 bits per heavy atom. The summed E-state index contributed by atoms with van der Waals surface area (Å²) in [5.41, 5.74) is 17.5. The van der Waals surface area contributed by atoms with Crippen molar-refractivity contribution in [3.63, 3.8) is 0 Å². The van der Waals surface area contributed by atoms with Gasteiger partial charge in [-0.2, -0.15) is 0 Å². The van der Waals surface area contributed by atoms with Gasteiger partial charge in [-0.15, -0.1) is 0 Å². The molecule has 0 fully saturated rings. The fourth-order valence-corrected chi connectivity index (χ4v) is 10.3. The van der Waals surface area contributed by atoms with Crippen molar-refractivity contribution in [2.45, 2.75) is 19.3 Å². The maximum atomic E-state index is 5.29. The molecule has 10 aromatic carbocycles. The van der Waals surface area contributed by atoms with Gasteiger partial charge in [-0.3, -0.25) is 0 Å². The zero-order chi connectivity index (χ0) is 42.1. The number of nitrogens with zero attached hydrogens (tertiary/aromatic N) is 2. The predicted molar refractivity (Wildman–Crippen MR) is 265 cm³/mol. The van der Waals surface area contributed by atoms with Gasteiger partial charge in [0.25, 0.3) is 0 Å². The van der Waals surface area contributed by atoms with E-state index < -0.39 is 0 Å². The van der Waals surface area contributed by atoms with Crippen molar-refractivity contribution in [3.8, 4) is 78.4 Å². The van der Waals surface area contributed by atoms with Crippen molar-refractivity contribution in [2.24, 2.45) is 0 Å². The second-order valence-electron chi connectivity index (χ2n) is 17.2. The molecule has 11 aromatic rings. The molecule has 1 aliphatic carbocycles. The molecule has 2 heteroatoms. The maximum Gasteiger partial charge on any atom is 0.160 e. The summed E-state index contributed by atoms with van der Waals surface area (Å²) < 4.78 is 0. The quantitative estimate of drug-likeness (QED) is 0.167. The molecule has 296 valence electrons.